The minimum absolute atomic E-state index is 1.07. The standard InChI is InChI=1S/C2H2BrNO3/c3-4-1(5)2(6)7/h(H,4,5)(H,6,7). The van der Waals surface area contributed by atoms with E-state index in [1.165, 1.54) is 0 Å². The summed E-state index contributed by atoms with van der Waals surface area (Å²) in [5, 5.41) is 7.74. The van der Waals surface area contributed by atoms with Gasteiger partial charge in [0, 0.05) is 16.1 Å². The maximum atomic E-state index is 9.75. The lowest BCUT2D eigenvalue weighted by Crippen LogP contribution is -2.22. The number of carbonyl (C=O) groups excluding carboxylic acids is 1. The lowest BCUT2D eigenvalue weighted by molar-refractivity contribution is -0.149. The van der Waals surface area contributed by atoms with Crippen LogP contribution in [0, 0.1) is 0 Å². The number of carbonyl (C=O) groups is 2. The molecular formula is C2H2BrNO3. The molecule has 40 valence electrons. The van der Waals surface area contributed by atoms with Crippen LogP contribution in [0.3, 0.4) is 0 Å². The second kappa shape index (κ2) is 2.57. The van der Waals surface area contributed by atoms with E-state index in [4.69, 9.17) is 5.11 Å². The maximum Gasteiger partial charge on any atom is 0.395 e. The molecule has 4 nitrogen and oxygen atoms in total. The average molecular weight is 168 g/mol. The van der Waals surface area contributed by atoms with Gasteiger partial charge in [-0.1, -0.05) is 0 Å². The summed E-state index contributed by atoms with van der Waals surface area (Å²) >= 11 is 2.43. The fourth-order valence-electron chi connectivity index (χ4n) is 0.0404. The van der Waals surface area contributed by atoms with Crippen LogP contribution in [-0.2, 0) is 9.59 Å². The van der Waals surface area contributed by atoms with Crippen LogP contribution < -0.4 is 4.34 Å². The number of halogens is 1. The Morgan fingerprint density at radius 2 is 2.00 bits per heavy atom. The summed E-state index contributed by atoms with van der Waals surface area (Å²) in [4.78, 5) is 19.2. The highest BCUT2D eigenvalue weighted by atomic mass is 79.9. The molecule has 0 atom stereocenters. The normalized spacial score (nSPS) is 7.57. The van der Waals surface area contributed by atoms with Crippen LogP contribution >= 0.6 is 16.1 Å². The van der Waals surface area contributed by atoms with Gasteiger partial charge in [0.15, 0.2) is 0 Å². The summed E-state index contributed by atoms with van der Waals surface area (Å²) in [6.45, 7) is 0. The molecule has 0 aliphatic carbocycles. The van der Waals surface area contributed by atoms with Crippen molar-refractivity contribution in [2.24, 2.45) is 0 Å². The fraction of sp³-hybridized carbons (Fsp3) is 0. The number of carboxylic acid groups (broad SMARTS) is 1. The first-order valence-electron chi connectivity index (χ1n) is 1.32. The molecule has 0 aliphatic rings. The molecule has 0 saturated carbocycles. The molecule has 0 spiro atoms. The Hall–Kier alpha value is -0.580. The van der Waals surface area contributed by atoms with Crippen molar-refractivity contribution < 1.29 is 14.7 Å². The number of aliphatic carboxylic acids is 1. The van der Waals surface area contributed by atoms with Gasteiger partial charge in [0.2, 0.25) is 0 Å². The predicted octanol–water partition coefficient (Wildman–Crippen LogP) is -0.503. The summed E-state index contributed by atoms with van der Waals surface area (Å²) < 4.78 is 1.74. The first-order chi connectivity index (χ1) is 3.18. The minimum atomic E-state index is -1.50. The molecular weight excluding hydrogens is 166 g/mol. The number of hydrogen-bond donors (Lipinski definition) is 2. The Labute approximate surface area is 47.8 Å². The Morgan fingerprint density at radius 1 is 1.57 bits per heavy atom. The van der Waals surface area contributed by atoms with Crippen LogP contribution in [0.2, 0.25) is 0 Å². The Morgan fingerprint density at radius 3 is 2.00 bits per heavy atom. The van der Waals surface area contributed by atoms with Crippen molar-refractivity contribution >= 4 is 28.0 Å². The van der Waals surface area contributed by atoms with E-state index in [0.717, 1.165) is 0 Å². The van der Waals surface area contributed by atoms with E-state index in [1.807, 2.05) is 0 Å². The van der Waals surface area contributed by atoms with Crippen LogP contribution in [0.1, 0.15) is 0 Å². The third kappa shape index (κ3) is 2.16. The predicted molar refractivity (Wildman–Crippen MR) is 24.7 cm³/mol. The molecule has 1 amide bonds. The van der Waals surface area contributed by atoms with Crippen molar-refractivity contribution in [3.05, 3.63) is 0 Å². The molecule has 0 aromatic rings. The average Bonchev–Trinajstić information content (AvgIpc) is 1.65. The van der Waals surface area contributed by atoms with Crippen molar-refractivity contribution in [2.75, 3.05) is 0 Å². The molecule has 0 heterocycles. The van der Waals surface area contributed by atoms with Gasteiger partial charge in [-0.3, -0.25) is 9.14 Å². The highest BCUT2D eigenvalue weighted by Gasteiger charge is 2.06. The van der Waals surface area contributed by atoms with Crippen molar-refractivity contribution in [1.29, 1.82) is 0 Å². The maximum absolute atomic E-state index is 9.75. The summed E-state index contributed by atoms with van der Waals surface area (Å²) in [7, 11) is 0. The first kappa shape index (κ1) is 6.42. The van der Waals surface area contributed by atoms with Crippen LogP contribution in [0.4, 0.5) is 0 Å². The van der Waals surface area contributed by atoms with Crippen molar-refractivity contribution in [3.8, 4) is 0 Å². The van der Waals surface area contributed by atoms with Gasteiger partial charge in [0.25, 0.3) is 0 Å². The number of amides is 1. The van der Waals surface area contributed by atoms with Gasteiger partial charge >= 0.3 is 11.9 Å². The molecule has 0 rings (SSSR count). The molecule has 0 aromatic carbocycles. The quantitative estimate of drug-likeness (QED) is 0.378. The van der Waals surface area contributed by atoms with Crippen LogP contribution in [0.15, 0.2) is 0 Å². The van der Waals surface area contributed by atoms with E-state index in [0.29, 0.717) is 0 Å². The van der Waals surface area contributed by atoms with E-state index in [1.54, 1.807) is 4.34 Å². The molecule has 5 heteroatoms. The second-order valence-corrected chi connectivity index (χ2v) is 1.13. The Balaban J connectivity index is 3.58. The topological polar surface area (TPSA) is 66.4 Å². The van der Waals surface area contributed by atoms with Gasteiger partial charge in [0.05, 0.1) is 0 Å². The summed E-state index contributed by atoms with van der Waals surface area (Å²) in [6, 6.07) is 0. The van der Waals surface area contributed by atoms with Gasteiger partial charge in [-0.15, -0.1) is 0 Å². The van der Waals surface area contributed by atoms with Gasteiger partial charge in [0.1, 0.15) is 0 Å². The number of nitrogens with one attached hydrogen (secondary N) is 1. The molecule has 0 unspecified atom stereocenters. The highest BCUT2D eigenvalue weighted by Crippen LogP contribution is 1.68. The largest absolute Gasteiger partial charge is 0.474 e. The van der Waals surface area contributed by atoms with Gasteiger partial charge in [-0.2, -0.15) is 0 Å². The molecule has 0 radical (unpaired) electrons. The van der Waals surface area contributed by atoms with Gasteiger partial charge in [-0.05, 0) is 0 Å². The zero-order valence-electron chi connectivity index (χ0n) is 3.14. The molecule has 0 aliphatic heterocycles. The molecule has 0 bridgehead atoms. The van der Waals surface area contributed by atoms with E-state index < -0.39 is 11.9 Å². The monoisotopic (exact) mass is 167 g/mol. The molecule has 7 heavy (non-hydrogen) atoms. The molecule has 0 aromatic heterocycles. The van der Waals surface area contributed by atoms with Crippen LogP contribution in [0.25, 0.3) is 0 Å². The summed E-state index contributed by atoms with van der Waals surface area (Å²) in [5.41, 5.74) is 0. The van der Waals surface area contributed by atoms with Crippen molar-refractivity contribution in [3.63, 3.8) is 0 Å². The fourth-order valence-corrected chi connectivity index (χ4v) is 0.210. The van der Waals surface area contributed by atoms with E-state index in [9.17, 15) is 9.59 Å². The van der Waals surface area contributed by atoms with Crippen molar-refractivity contribution in [1.82, 2.24) is 4.34 Å². The zero-order valence-corrected chi connectivity index (χ0v) is 4.73. The zero-order chi connectivity index (χ0) is 5.86. The lowest BCUT2D eigenvalue weighted by atomic mass is 10.7. The third-order valence-electron chi connectivity index (χ3n) is 0.280. The second-order valence-electron chi connectivity index (χ2n) is 0.729. The minimum Gasteiger partial charge on any atom is -0.474 e. The first-order valence-corrected chi connectivity index (χ1v) is 2.11. The number of hydrogen-bond acceptors (Lipinski definition) is 2. The Kier molecular flexibility index (Phi) is 2.36. The van der Waals surface area contributed by atoms with Crippen LogP contribution in [-0.4, -0.2) is 17.0 Å². The SMILES string of the molecule is O=C(O)C(=O)NBr. The van der Waals surface area contributed by atoms with Gasteiger partial charge in [-0.25, -0.2) is 4.79 Å². The number of rotatable bonds is 0. The van der Waals surface area contributed by atoms with Gasteiger partial charge < -0.3 is 5.11 Å². The Bertz CT molecular complexity index is 101. The number of carboxylic acids is 1. The van der Waals surface area contributed by atoms with E-state index >= 15 is 0 Å². The van der Waals surface area contributed by atoms with E-state index in [-0.39, 0.29) is 0 Å². The van der Waals surface area contributed by atoms with E-state index in [2.05, 4.69) is 16.1 Å². The molecule has 0 fully saturated rings. The summed E-state index contributed by atoms with van der Waals surface area (Å²) in [6.07, 6.45) is 0. The smallest absolute Gasteiger partial charge is 0.395 e. The van der Waals surface area contributed by atoms with Crippen molar-refractivity contribution in [2.45, 2.75) is 0 Å². The summed E-state index contributed by atoms with van der Waals surface area (Å²) in [5.74, 6) is -2.57. The highest BCUT2D eigenvalue weighted by molar-refractivity contribution is 9.08. The molecule has 2 N–H and O–H groups in total. The van der Waals surface area contributed by atoms with Crippen LogP contribution in [0.5, 0.6) is 0 Å². The molecule has 0 saturated heterocycles. The third-order valence-corrected chi connectivity index (χ3v) is 0.640. The lowest BCUT2D eigenvalue weighted by Gasteiger charge is -1.83.